The van der Waals surface area contributed by atoms with Crippen LogP contribution in [0.4, 0.5) is 10.1 Å². The van der Waals surface area contributed by atoms with Gasteiger partial charge in [0.1, 0.15) is 5.82 Å². The van der Waals surface area contributed by atoms with Crippen LogP contribution in [-0.2, 0) is 6.42 Å². The van der Waals surface area contributed by atoms with E-state index in [1.54, 1.807) is 12.1 Å². The van der Waals surface area contributed by atoms with Crippen LogP contribution in [0.1, 0.15) is 5.56 Å². The van der Waals surface area contributed by atoms with Gasteiger partial charge >= 0.3 is 0 Å². The van der Waals surface area contributed by atoms with E-state index in [0.29, 0.717) is 0 Å². The molecule has 0 atom stereocenters. The average molecular weight is 264 g/mol. The van der Waals surface area contributed by atoms with E-state index in [0.717, 1.165) is 40.8 Å². The third-order valence-electron chi connectivity index (χ3n) is 3.77. The maximum absolute atomic E-state index is 13.5. The number of halogens is 1. The molecular weight excluding hydrogens is 251 g/mol. The zero-order chi connectivity index (χ0) is 13.5. The summed E-state index contributed by atoms with van der Waals surface area (Å²) < 4.78 is 13.5. The zero-order valence-electron chi connectivity index (χ0n) is 10.9. The Labute approximate surface area is 116 Å². The van der Waals surface area contributed by atoms with Gasteiger partial charge in [-0.05, 0) is 24.6 Å². The van der Waals surface area contributed by atoms with Gasteiger partial charge < -0.3 is 5.32 Å². The van der Waals surface area contributed by atoms with Crippen LogP contribution in [0.3, 0.4) is 0 Å². The van der Waals surface area contributed by atoms with Gasteiger partial charge in [-0.1, -0.05) is 30.3 Å². The van der Waals surface area contributed by atoms with Crippen molar-refractivity contribution in [3.8, 4) is 11.3 Å². The largest absolute Gasteiger partial charge is 0.384 e. The Morgan fingerprint density at radius 3 is 2.75 bits per heavy atom. The molecule has 0 unspecified atom stereocenters. The van der Waals surface area contributed by atoms with Crippen molar-refractivity contribution in [2.75, 3.05) is 11.9 Å². The number of aromatic nitrogens is 1. The number of nitrogens with one attached hydrogen (secondary N) is 1. The van der Waals surface area contributed by atoms with E-state index < -0.39 is 0 Å². The predicted molar refractivity (Wildman–Crippen MR) is 79.3 cm³/mol. The second kappa shape index (κ2) is 4.30. The Morgan fingerprint density at radius 1 is 1.05 bits per heavy atom. The number of fused-ring (bicyclic) bond motifs is 3. The molecule has 0 saturated heterocycles. The van der Waals surface area contributed by atoms with E-state index in [9.17, 15) is 4.39 Å². The van der Waals surface area contributed by atoms with Crippen LogP contribution >= 0.6 is 0 Å². The molecule has 0 saturated carbocycles. The molecule has 4 rings (SSSR count). The number of nitrogens with zero attached hydrogens (tertiary/aromatic N) is 1. The van der Waals surface area contributed by atoms with Crippen molar-refractivity contribution in [1.82, 2.24) is 4.98 Å². The second-order valence-electron chi connectivity index (χ2n) is 5.02. The van der Waals surface area contributed by atoms with Crippen molar-refractivity contribution in [1.29, 1.82) is 0 Å². The van der Waals surface area contributed by atoms with E-state index in [1.807, 2.05) is 18.2 Å². The Hall–Kier alpha value is -2.42. The third-order valence-corrected chi connectivity index (χ3v) is 3.77. The van der Waals surface area contributed by atoms with Gasteiger partial charge in [0.25, 0.3) is 0 Å². The van der Waals surface area contributed by atoms with Crippen LogP contribution in [-0.4, -0.2) is 11.5 Å². The lowest BCUT2D eigenvalue weighted by Gasteiger charge is -2.11. The molecule has 20 heavy (non-hydrogen) atoms. The van der Waals surface area contributed by atoms with E-state index in [1.165, 1.54) is 11.6 Å². The number of rotatable bonds is 1. The molecule has 0 radical (unpaired) electrons. The molecule has 98 valence electrons. The van der Waals surface area contributed by atoms with Crippen molar-refractivity contribution >= 4 is 16.6 Å². The first-order valence-electron chi connectivity index (χ1n) is 6.74. The Morgan fingerprint density at radius 2 is 1.90 bits per heavy atom. The molecule has 3 aromatic rings. The highest BCUT2D eigenvalue weighted by Gasteiger charge is 2.20. The van der Waals surface area contributed by atoms with Crippen molar-refractivity contribution in [2.45, 2.75) is 6.42 Å². The lowest BCUT2D eigenvalue weighted by molar-refractivity contribution is 0.629. The molecule has 2 heterocycles. The lowest BCUT2D eigenvalue weighted by atomic mass is 10.0. The summed E-state index contributed by atoms with van der Waals surface area (Å²) in [6, 6.07) is 14.9. The van der Waals surface area contributed by atoms with Crippen molar-refractivity contribution < 1.29 is 4.39 Å². The fourth-order valence-corrected chi connectivity index (χ4v) is 2.87. The molecule has 3 heteroatoms. The molecule has 0 spiro atoms. The highest BCUT2D eigenvalue weighted by atomic mass is 19.1. The van der Waals surface area contributed by atoms with Crippen molar-refractivity contribution in [3.05, 3.63) is 59.9 Å². The third kappa shape index (κ3) is 1.67. The van der Waals surface area contributed by atoms with Crippen molar-refractivity contribution in [3.63, 3.8) is 0 Å². The summed E-state index contributed by atoms with van der Waals surface area (Å²) in [6.45, 7) is 0.881. The summed E-state index contributed by atoms with van der Waals surface area (Å²) in [4.78, 5) is 4.75. The predicted octanol–water partition coefficient (Wildman–Crippen LogP) is 4.01. The van der Waals surface area contributed by atoms with Crippen LogP contribution in [0.2, 0.25) is 0 Å². The second-order valence-corrected chi connectivity index (χ2v) is 5.02. The minimum Gasteiger partial charge on any atom is -0.384 e. The van der Waals surface area contributed by atoms with Gasteiger partial charge in [-0.2, -0.15) is 0 Å². The molecular formula is C17H13FN2. The summed E-state index contributed by atoms with van der Waals surface area (Å²) in [6.07, 6.45) is 0.930. The first-order valence-corrected chi connectivity index (χ1v) is 6.74. The minimum atomic E-state index is -0.220. The van der Waals surface area contributed by atoms with Gasteiger partial charge in [0.15, 0.2) is 0 Å². The Bertz CT molecular complexity index is 797. The molecule has 0 fully saturated rings. The molecule has 1 aliphatic rings. The van der Waals surface area contributed by atoms with Crippen LogP contribution in [0.25, 0.3) is 22.2 Å². The van der Waals surface area contributed by atoms with Crippen LogP contribution in [0, 0.1) is 5.82 Å². The fourth-order valence-electron chi connectivity index (χ4n) is 2.87. The first kappa shape index (κ1) is 11.4. The van der Waals surface area contributed by atoms with Gasteiger partial charge in [0.2, 0.25) is 0 Å². The summed E-state index contributed by atoms with van der Waals surface area (Å²) in [7, 11) is 0. The highest BCUT2D eigenvalue weighted by molar-refractivity contribution is 5.97. The molecule has 0 amide bonds. The first-order chi connectivity index (χ1) is 9.83. The summed E-state index contributed by atoms with van der Waals surface area (Å²) in [5, 5.41) is 4.25. The summed E-state index contributed by atoms with van der Waals surface area (Å²) >= 11 is 0. The Balaban J connectivity index is 2.06. The van der Waals surface area contributed by atoms with Crippen LogP contribution < -0.4 is 5.32 Å². The number of anilines is 1. The number of pyridine rings is 1. The van der Waals surface area contributed by atoms with Crippen LogP contribution in [0.15, 0.2) is 48.5 Å². The van der Waals surface area contributed by atoms with Gasteiger partial charge in [-0.25, -0.2) is 9.37 Å². The quantitative estimate of drug-likeness (QED) is 0.718. The highest BCUT2D eigenvalue weighted by Crippen LogP contribution is 2.37. The van der Waals surface area contributed by atoms with Gasteiger partial charge in [0.05, 0.1) is 11.2 Å². The maximum Gasteiger partial charge on any atom is 0.124 e. The van der Waals surface area contributed by atoms with Gasteiger partial charge in [0, 0.05) is 28.7 Å². The molecule has 2 aromatic carbocycles. The number of hydrogen-bond donors (Lipinski definition) is 1. The van der Waals surface area contributed by atoms with E-state index >= 15 is 0 Å². The Kier molecular flexibility index (Phi) is 2.46. The van der Waals surface area contributed by atoms with Gasteiger partial charge in [-0.15, -0.1) is 0 Å². The summed E-state index contributed by atoms with van der Waals surface area (Å²) in [5.74, 6) is -0.220. The molecule has 0 bridgehead atoms. The SMILES string of the molecule is Fc1ccc2nc(-c3ccccc3)c3c(c2c1)NCC3. The molecule has 1 N–H and O–H groups in total. The van der Waals surface area contributed by atoms with E-state index in [4.69, 9.17) is 4.98 Å². The monoisotopic (exact) mass is 264 g/mol. The average Bonchev–Trinajstić information content (AvgIpc) is 2.97. The normalized spacial score (nSPS) is 13.2. The minimum absolute atomic E-state index is 0.220. The zero-order valence-corrected chi connectivity index (χ0v) is 10.9. The standard InChI is InChI=1S/C17H13FN2/c18-12-6-7-15-14(10-12)17-13(8-9-19-17)16(20-15)11-4-2-1-3-5-11/h1-7,10,19H,8-9H2. The van der Waals surface area contributed by atoms with Gasteiger partial charge in [-0.3, -0.25) is 0 Å². The maximum atomic E-state index is 13.5. The molecule has 2 nitrogen and oxygen atoms in total. The van der Waals surface area contributed by atoms with E-state index in [2.05, 4.69) is 17.4 Å². The van der Waals surface area contributed by atoms with Crippen molar-refractivity contribution in [2.24, 2.45) is 0 Å². The number of benzene rings is 2. The topological polar surface area (TPSA) is 24.9 Å². The molecule has 0 aliphatic carbocycles. The smallest absolute Gasteiger partial charge is 0.124 e. The molecule has 1 aliphatic heterocycles. The fraction of sp³-hybridized carbons (Fsp3) is 0.118. The molecule has 1 aromatic heterocycles. The lowest BCUT2D eigenvalue weighted by Crippen LogP contribution is -1.94. The summed E-state index contributed by atoms with van der Waals surface area (Å²) in [5.41, 5.74) is 5.17. The number of hydrogen-bond acceptors (Lipinski definition) is 2. The van der Waals surface area contributed by atoms with E-state index in [-0.39, 0.29) is 5.82 Å². The van der Waals surface area contributed by atoms with Crippen LogP contribution in [0.5, 0.6) is 0 Å².